The number of nitro benzene ring substituents is 1. The van der Waals surface area contributed by atoms with E-state index >= 15 is 0 Å². The van der Waals surface area contributed by atoms with E-state index in [9.17, 15) is 14.9 Å². The monoisotopic (exact) mass is 372 g/mol. The van der Waals surface area contributed by atoms with Gasteiger partial charge in [0, 0.05) is 30.6 Å². The topological polar surface area (TPSA) is 72.7 Å². The molecule has 1 aromatic carbocycles. The van der Waals surface area contributed by atoms with Crippen LogP contribution in [0.25, 0.3) is 0 Å². The van der Waals surface area contributed by atoms with Crippen LogP contribution in [0.1, 0.15) is 25.3 Å². The number of hydrogen-bond donors (Lipinski definition) is 0. The van der Waals surface area contributed by atoms with Crippen molar-refractivity contribution in [3.05, 3.63) is 39.9 Å². The average molecular weight is 373 g/mol. The molecule has 0 fully saturated rings. The first kappa shape index (κ1) is 18.6. The highest BCUT2D eigenvalue weighted by Crippen LogP contribution is 2.13. The molecule has 0 radical (unpaired) electrons. The van der Waals surface area contributed by atoms with Crippen LogP contribution in [-0.2, 0) is 16.1 Å². The minimum atomic E-state index is -0.425. The van der Waals surface area contributed by atoms with Gasteiger partial charge in [-0.1, -0.05) is 41.4 Å². The van der Waals surface area contributed by atoms with E-state index in [0.29, 0.717) is 19.7 Å². The second-order valence-corrected chi connectivity index (χ2v) is 5.69. The molecular weight excluding hydrogens is 352 g/mol. The SMILES string of the molecule is CCCCOC(=O)CN(CCBr)Cc1ccc([N+](=O)[O-])cc1. The summed E-state index contributed by atoms with van der Waals surface area (Å²) in [5.74, 6) is -0.240. The van der Waals surface area contributed by atoms with Crippen LogP contribution in [0, 0.1) is 10.1 Å². The number of benzene rings is 1. The molecule has 0 bridgehead atoms. The molecule has 0 aromatic heterocycles. The van der Waals surface area contributed by atoms with Crippen molar-refractivity contribution in [1.29, 1.82) is 0 Å². The number of carbonyl (C=O) groups is 1. The zero-order valence-corrected chi connectivity index (χ0v) is 14.3. The highest BCUT2D eigenvalue weighted by molar-refractivity contribution is 9.09. The summed E-state index contributed by atoms with van der Waals surface area (Å²) >= 11 is 3.36. The summed E-state index contributed by atoms with van der Waals surface area (Å²) in [5, 5.41) is 11.4. The normalized spacial score (nSPS) is 10.7. The number of unbranched alkanes of at least 4 members (excludes halogenated alkanes) is 1. The molecule has 0 aliphatic carbocycles. The van der Waals surface area contributed by atoms with Crippen molar-refractivity contribution >= 4 is 27.6 Å². The van der Waals surface area contributed by atoms with Gasteiger partial charge in [0.05, 0.1) is 18.1 Å². The molecule has 22 heavy (non-hydrogen) atoms. The summed E-state index contributed by atoms with van der Waals surface area (Å²) in [4.78, 5) is 23.9. The van der Waals surface area contributed by atoms with Gasteiger partial charge in [-0.25, -0.2) is 0 Å². The van der Waals surface area contributed by atoms with E-state index in [2.05, 4.69) is 15.9 Å². The van der Waals surface area contributed by atoms with Crippen molar-refractivity contribution in [2.75, 3.05) is 25.0 Å². The molecular formula is C15H21BrN2O4. The highest BCUT2D eigenvalue weighted by Gasteiger charge is 2.13. The highest BCUT2D eigenvalue weighted by atomic mass is 79.9. The summed E-state index contributed by atoms with van der Waals surface area (Å²) in [7, 11) is 0. The summed E-state index contributed by atoms with van der Waals surface area (Å²) < 4.78 is 5.16. The van der Waals surface area contributed by atoms with Crippen molar-refractivity contribution in [3.63, 3.8) is 0 Å². The second kappa shape index (κ2) is 10.3. The fourth-order valence-electron chi connectivity index (χ4n) is 1.87. The molecule has 0 aliphatic heterocycles. The predicted octanol–water partition coefficient (Wildman–Crippen LogP) is 3.14. The van der Waals surface area contributed by atoms with E-state index in [1.54, 1.807) is 12.1 Å². The number of alkyl halides is 1. The van der Waals surface area contributed by atoms with E-state index in [1.807, 2.05) is 11.8 Å². The number of nitro groups is 1. The van der Waals surface area contributed by atoms with Crippen molar-refractivity contribution in [2.45, 2.75) is 26.3 Å². The number of esters is 1. The van der Waals surface area contributed by atoms with Crippen LogP contribution >= 0.6 is 15.9 Å². The lowest BCUT2D eigenvalue weighted by Gasteiger charge is -2.20. The minimum absolute atomic E-state index is 0.0646. The maximum Gasteiger partial charge on any atom is 0.320 e. The molecule has 0 saturated heterocycles. The Bertz CT molecular complexity index is 479. The van der Waals surface area contributed by atoms with E-state index in [-0.39, 0.29) is 18.2 Å². The molecule has 0 unspecified atom stereocenters. The first-order valence-electron chi connectivity index (χ1n) is 7.24. The average Bonchev–Trinajstić information content (AvgIpc) is 2.48. The Morgan fingerprint density at radius 3 is 2.59 bits per heavy atom. The lowest BCUT2D eigenvalue weighted by Crippen LogP contribution is -2.32. The van der Waals surface area contributed by atoms with Gasteiger partial charge in [0.25, 0.3) is 5.69 Å². The van der Waals surface area contributed by atoms with Crippen LogP contribution < -0.4 is 0 Å². The fraction of sp³-hybridized carbons (Fsp3) is 0.533. The number of non-ortho nitro benzene ring substituents is 1. The number of rotatable bonds is 10. The summed E-state index contributed by atoms with van der Waals surface area (Å²) in [6.45, 7) is 3.95. The molecule has 0 amide bonds. The van der Waals surface area contributed by atoms with Gasteiger partial charge in [0.1, 0.15) is 0 Å². The Labute approximate surface area is 138 Å². The maximum absolute atomic E-state index is 11.8. The largest absolute Gasteiger partial charge is 0.465 e. The van der Waals surface area contributed by atoms with Gasteiger partial charge in [-0.3, -0.25) is 19.8 Å². The Balaban J connectivity index is 2.55. The van der Waals surface area contributed by atoms with Crippen LogP contribution in [0.4, 0.5) is 5.69 Å². The van der Waals surface area contributed by atoms with Gasteiger partial charge in [0.15, 0.2) is 0 Å². The van der Waals surface area contributed by atoms with Crippen LogP contribution in [0.5, 0.6) is 0 Å². The molecule has 0 atom stereocenters. The van der Waals surface area contributed by atoms with Gasteiger partial charge in [-0.05, 0) is 12.0 Å². The maximum atomic E-state index is 11.8. The molecule has 0 saturated carbocycles. The van der Waals surface area contributed by atoms with E-state index < -0.39 is 4.92 Å². The van der Waals surface area contributed by atoms with Crippen LogP contribution in [0.15, 0.2) is 24.3 Å². The number of hydrogen-bond acceptors (Lipinski definition) is 5. The molecule has 0 aliphatic rings. The molecule has 0 N–H and O–H groups in total. The van der Waals surface area contributed by atoms with Gasteiger partial charge in [-0.15, -0.1) is 0 Å². The first-order chi connectivity index (χ1) is 10.6. The molecule has 6 nitrogen and oxygen atoms in total. The Morgan fingerprint density at radius 1 is 1.36 bits per heavy atom. The molecule has 0 spiro atoms. The van der Waals surface area contributed by atoms with Gasteiger partial charge in [0.2, 0.25) is 0 Å². The molecule has 1 aromatic rings. The standard InChI is InChI=1S/C15H21BrN2O4/c1-2-3-10-22-15(19)12-17(9-8-16)11-13-4-6-14(7-5-13)18(20)21/h4-7H,2-3,8-12H2,1H3. The summed E-state index contributed by atoms with van der Waals surface area (Å²) in [6.07, 6.45) is 1.85. The Morgan fingerprint density at radius 2 is 2.05 bits per heavy atom. The van der Waals surface area contributed by atoms with Crippen molar-refractivity contribution in [1.82, 2.24) is 4.90 Å². The third-order valence-corrected chi connectivity index (χ3v) is 3.42. The predicted molar refractivity (Wildman–Crippen MR) is 88.0 cm³/mol. The number of ether oxygens (including phenoxy) is 1. The third-order valence-electron chi connectivity index (χ3n) is 3.07. The lowest BCUT2D eigenvalue weighted by molar-refractivity contribution is -0.384. The Hall–Kier alpha value is -1.47. The van der Waals surface area contributed by atoms with Crippen LogP contribution in [0.3, 0.4) is 0 Å². The van der Waals surface area contributed by atoms with Crippen molar-refractivity contribution in [3.8, 4) is 0 Å². The number of halogens is 1. The van der Waals surface area contributed by atoms with E-state index in [0.717, 1.165) is 23.7 Å². The zero-order chi connectivity index (χ0) is 16.4. The van der Waals surface area contributed by atoms with Crippen LogP contribution in [0.2, 0.25) is 0 Å². The second-order valence-electron chi connectivity index (χ2n) is 4.90. The van der Waals surface area contributed by atoms with Crippen LogP contribution in [-0.4, -0.2) is 40.8 Å². The number of nitrogens with zero attached hydrogens (tertiary/aromatic N) is 2. The molecule has 122 valence electrons. The molecule has 1 rings (SSSR count). The third kappa shape index (κ3) is 7.00. The molecule has 0 heterocycles. The van der Waals surface area contributed by atoms with Gasteiger partial charge >= 0.3 is 5.97 Å². The number of carbonyl (C=O) groups excluding carboxylic acids is 1. The van der Waals surface area contributed by atoms with E-state index in [4.69, 9.17) is 4.74 Å². The first-order valence-corrected chi connectivity index (χ1v) is 8.36. The zero-order valence-electron chi connectivity index (χ0n) is 12.7. The van der Waals surface area contributed by atoms with Gasteiger partial charge < -0.3 is 4.74 Å². The quantitative estimate of drug-likeness (QED) is 0.207. The fourth-order valence-corrected chi connectivity index (χ4v) is 2.37. The van der Waals surface area contributed by atoms with E-state index in [1.165, 1.54) is 12.1 Å². The van der Waals surface area contributed by atoms with Crippen molar-refractivity contribution in [2.24, 2.45) is 0 Å². The minimum Gasteiger partial charge on any atom is -0.465 e. The van der Waals surface area contributed by atoms with Gasteiger partial charge in [-0.2, -0.15) is 0 Å². The Kier molecular flexibility index (Phi) is 8.69. The molecule has 7 heteroatoms. The summed E-state index contributed by atoms with van der Waals surface area (Å²) in [5.41, 5.74) is 0.989. The van der Waals surface area contributed by atoms with Crippen molar-refractivity contribution < 1.29 is 14.5 Å². The summed E-state index contributed by atoms with van der Waals surface area (Å²) in [6, 6.07) is 6.37. The lowest BCUT2D eigenvalue weighted by atomic mass is 10.2. The smallest absolute Gasteiger partial charge is 0.320 e.